The van der Waals surface area contributed by atoms with Crippen molar-refractivity contribution in [2.75, 3.05) is 6.54 Å². The molecule has 0 aliphatic carbocycles. The molecule has 0 aromatic heterocycles. The van der Waals surface area contributed by atoms with E-state index in [1.54, 1.807) is 6.92 Å². The molecule has 7 nitrogen and oxygen atoms in total. The molecule has 1 aliphatic rings. The number of benzene rings is 1. The van der Waals surface area contributed by atoms with Crippen molar-refractivity contribution in [2.24, 2.45) is 0 Å². The second kappa shape index (κ2) is 9.64. The molecule has 0 spiro atoms. The van der Waals surface area contributed by atoms with Crippen LogP contribution in [0.5, 0.6) is 0 Å². The van der Waals surface area contributed by atoms with Gasteiger partial charge in [0.05, 0.1) is 0 Å². The normalized spacial score (nSPS) is 19.7. The summed E-state index contributed by atoms with van der Waals surface area (Å²) in [7, 11) is -2.06. The lowest BCUT2D eigenvalue weighted by atomic mass is 10.1. The molecule has 0 saturated carbocycles. The Bertz CT molecular complexity index is 640. The molecule has 0 radical (unpaired) electrons. The molecular weight excluding hydrogens is 355 g/mol. The SMILES string of the molecule is CC(NC(=O)N1CCC[C@H]1C(=O)O)[P+](=O)C(O)CCCc1ccccc1. The number of carbonyl (C=O) groups excluding carboxylic acids is 1. The van der Waals surface area contributed by atoms with Gasteiger partial charge in [0, 0.05) is 19.9 Å². The third kappa shape index (κ3) is 5.51. The number of aliphatic hydroxyl groups is 1. The number of urea groups is 1. The van der Waals surface area contributed by atoms with Crippen molar-refractivity contribution in [3.8, 4) is 0 Å². The molecule has 2 rings (SSSR count). The molecule has 4 atom stereocenters. The molecule has 0 bridgehead atoms. The van der Waals surface area contributed by atoms with Gasteiger partial charge in [0.25, 0.3) is 5.85 Å². The second-order valence-electron chi connectivity index (χ2n) is 6.53. The van der Waals surface area contributed by atoms with Crippen LogP contribution < -0.4 is 5.32 Å². The lowest BCUT2D eigenvalue weighted by molar-refractivity contribution is -0.141. The molecule has 1 aromatic carbocycles. The molecule has 26 heavy (non-hydrogen) atoms. The van der Waals surface area contributed by atoms with E-state index in [1.807, 2.05) is 30.3 Å². The van der Waals surface area contributed by atoms with Gasteiger partial charge in [-0.1, -0.05) is 34.9 Å². The summed E-state index contributed by atoms with van der Waals surface area (Å²) >= 11 is 0. The summed E-state index contributed by atoms with van der Waals surface area (Å²) in [6.45, 7) is 1.94. The van der Waals surface area contributed by atoms with Gasteiger partial charge in [-0.15, -0.1) is 0 Å². The van der Waals surface area contributed by atoms with Crippen LogP contribution in [-0.2, 0) is 15.8 Å². The highest BCUT2D eigenvalue weighted by atomic mass is 31.1. The van der Waals surface area contributed by atoms with Crippen LogP contribution in [0.15, 0.2) is 30.3 Å². The van der Waals surface area contributed by atoms with Gasteiger partial charge in [-0.05, 0) is 31.2 Å². The average molecular weight is 381 g/mol. The summed E-state index contributed by atoms with van der Waals surface area (Å²) < 4.78 is 12.4. The molecule has 142 valence electrons. The highest BCUT2D eigenvalue weighted by Crippen LogP contribution is 2.34. The maximum absolute atomic E-state index is 12.4. The largest absolute Gasteiger partial charge is 0.480 e. The van der Waals surface area contributed by atoms with Gasteiger partial charge in [0.15, 0.2) is 0 Å². The number of nitrogens with zero attached hydrogens (tertiary/aromatic N) is 1. The first-order valence-corrected chi connectivity index (χ1v) is 10.3. The van der Waals surface area contributed by atoms with E-state index in [1.165, 1.54) is 4.90 Å². The second-order valence-corrected chi connectivity index (χ2v) is 8.62. The van der Waals surface area contributed by atoms with Gasteiger partial charge in [0.1, 0.15) is 6.04 Å². The molecule has 2 amide bonds. The Kier molecular flexibility index (Phi) is 7.54. The van der Waals surface area contributed by atoms with Crippen molar-refractivity contribution in [3.63, 3.8) is 0 Å². The number of hydrogen-bond donors (Lipinski definition) is 3. The van der Waals surface area contributed by atoms with E-state index in [2.05, 4.69) is 5.32 Å². The number of nitrogens with one attached hydrogen (secondary N) is 1. The van der Waals surface area contributed by atoms with Gasteiger partial charge >= 0.3 is 19.8 Å². The number of carboxylic acids is 1. The van der Waals surface area contributed by atoms with Crippen LogP contribution in [0.25, 0.3) is 0 Å². The number of amides is 2. The maximum Gasteiger partial charge on any atom is 0.394 e. The van der Waals surface area contributed by atoms with Crippen molar-refractivity contribution in [1.29, 1.82) is 0 Å². The van der Waals surface area contributed by atoms with Crippen LogP contribution in [0.4, 0.5) is 4.79 Å². The average Bonchev–Trinajstić information content (AvgIpc) is 3.12. The first kappa shape index (κ1) is 20.3. The summed E-state index contributed by atoms with van der Waals surface area (Å²) in [5, 5.41) is 21.9. The van der Waals surface area contributed by atoms with Crippen molar-refractivity contribution >= 4 is 19.8 Å². The van der Waals surface area contributed by atoms with Gasteiger partial charge in [-0.25, -0.2) is 9.59 Å². The topological polar surface area (TPSA) is 107 Å². The molecule has 3 N–H and O–H groups in total. The fourth-order valence-corrected chi connectivity index (χ4v) is 4.30. The zero-order chi connectivity index (χ0) is 19.1. The standard InChI is InChI=1S/C18H25N2O5P/c1-13(19-18(24)20-12-6-10-15(20)17(22)23)26(25)16(21)11-5-9-14-7-3-2-4-8-14/h2-4,7-8,13,15-16,21H,5-6,9-12H2,1H3,(H-,19,22,23,24)/p+1/t13?,15-,16?/m0/s1. The smallest absolute Gasteiger partial charge is 0.394 e. The van der Waals surface area contributed by atoms with E-state index in [0.717, 1.165) is 12.0 Å². The van der Waals surface area contributed by atoms with E-state index in [-0.39, 0.29) is 0 Å². The van der Waals surface area contributed by atoms with E-state index < -0.39 is 37.5 Å². The fourth-order valence-electron chi connectivity index (χ4n) is 3.11. The van der Waals surface area contributed by atoms with Crippen LogP contribution in [0, 0.1) is 0 Å². The molecule has 1 saturated heterocycles. The molecule has 3 unspecified atom stereocenters. The summed E-state index contributed by atoms with van der Waals surface area (Å²) in [6.07, 6.45) is 2.92. The van der Waals surface area contributed by atoms with Gasteiger partial charge in [-0.2, -0.15) is 0 Å². The lowest BCUT2D eigenvalue weighted by Crippen LogP contribution is -2.48. The molecule has 1 heterocycles. The van der Waals surface area contributed by atoms with Crippen LogP contribution >= 0.6 is 7.80 Å². The van der Waals surface area contributed by atoms with E-state index in [0.29, 0.717) is 32.2 Å². The van der Waals surface area contributed by atoms with E-state index in [4.69, 9.17) is 5.11 Å². The summed E-state index contributed by atoms with van der Waals surface area (Å²) in [4.78, 5) is 24.7. The minimum absolute atomic E-state index is 0.367. The monoisotopic (exact) mass is 381 g/mol. The molecular formula is C18H26N2O5P+. The number of aryl methyl sites for hydroxylation is 1. The van der Waals surface area contributed by atoms with Gasteiger partial charge in [-0.3, -0.25) is 5.32 Å². The Labute approximate surface area is 154 Å². The summed E-state index contributed by atoms with van der Waals surface area (Å²) in [6, 6.07) is 8.47. The number of hydrogen-bond acceptors (Lipinski definition) is 4. The molecule has 1 aliphatic heterocycles. The quantitative estimate of drug-likeness (QED) is 0.600. The Balaban J connectivity index is 1.78. The number of carboxylic acid groups (broad SMARTS) is 1. The molecule has 1 aromatic rings. The van der Waals surface area contributed by atoms with Crippen LogP contribution in [0.1, 0.15) is 38.2 Å². The number of likely N-dealkylation sites (tertiary alicyclic amines) is 1. The minimum Gasteiger partial charge on any atom is -0.480 e. The van der Waals surface area contributed by atoms with Crippen molar-refractivity contribution in [1.82, 2.24) is 10.2 Å². The maximum atomic E-state index is 12.4. The Morgan fingerprint density at radius 3 is 2.69 bits per heavy atom. The Hall–Kier alpha value is -1.98. The van der Waals surface area contributed by atoms with Gasteiger partial charge in [0.2, 0.25) is 5.78 Å². The Morgan fingerprint density at radius 1 is 1.35 bits per heavy atom. The van der Waals surface area contributed by atoms with Crippen LogP contribution in [0.2, 0.25) is 0 Å². The van der Waals surface area contributed by atoms with E-state index in [9.17, 15) is 19.3 Å². The minimum atomic E-state index is -2.06. The summed E-state index contributed by atoms with van der Waals surface area (Å²) in [5.74, 6) is -2.76. The predicted molar refractivity (Wildman–Crippen MR) is 98.4 cm³/mol. The molecule has 8 heteroatoms. The van der Waals surface area contributed by atoms with Crippen LogP contribution in [0.3, 0.4) is 0 Å². The number of carbonyl (C=O) groups is 2. The highest BCUT2D eigenvalue weighted by Gasteiger charge is 2.39. The Morgan fingerprint density at radius 2 is 2.04 bits per heavy atom. The summed E-state index contributed by atoms with van der Waals surface area (Å²) in [5.41, 5.74) is 1.16. The highest BCUT2D eigenvalue weighted by molar-refractivity contribution is 7.46. The predicted octanol–water partition coefficient (Wildman–Crippen LogP) is 2.76. The third-order valence-electron chi connectivity index (χ3n) is 4.58. The zero-order valence-electron chi connectivity index (χ0n) is 14.9. The lowest BCUT2D eigenvalue weighted by Gasteiger charge is -2.22. The van der Waals surface area contributed by atoms with Crippen molar-refractivity contribution in [3.05, 3.63) is 35.9 Å². The number of aliphatic hydroxyl groups excluding tert-OH is 1. The van der Waals surface area contributed by atoms with Gasteiger partial charge < -0.3 is 15.1 Å². The van der Waals surface area contributed by atoms with Crippen LogP contribution in [-0.4, -0.2) is 51.3 Å². The van der Waals surface area contributed by atoms with Crippen molar-refractivity contribution < 1.29 is 24.4 Å². The molecule has 1 fully saturated rings. The first-order valence-electron chi connectivity index (χ1n) is 8.87. The zero-order valence-corrected chi connectivity index (χ0v) is 15.8. The number of rotatable bonds is 8. The fraction of sp³-hybridized carbons (Fsp3) is 0.556. The first-order chi connectivity index (χ1) is 12.4. The van der Waals surface area contributed by atoms with E-state index >= 15 is 0 Å². The number of aliphatic carboxylic acids is 1. The van der Waals surface area contributed by atoms with Crippen molar-refractivity contribution in [2.45, 2.75) is 56.7 Å². The third-order valence-corrected chi connectivity index (χ3v) is 6.32.